The average molecular weight is 359 g/mol. The molecular formula is C19H25N3O4. The molecule has 140 valence electrons. The predicted molar refractivity (Wildman–Crippen MR) is 99.0 cm³/mol. The van der Waals surface area contributed by atoms with Gasteiger partial charge in [0.15, 0.2) is 5.69 Å². The van der Waals surface area contributed by atoms with Gasteiger partial charge in [0.1, 0.15) is 0 Å². The lowest BCUT2D eigenvalue weighted by Crippen LogP contribution is -2.36. The maximum Gasteiger partial charge on any atom is 0.310 e. The Kier molecular flexibility index (Phi) is 6.13. The average Bonchev–Trinajstić information content (AvgIpc) is 2.62. The molecule has 1 amide bonds. The lowest BCUT2D eigenvalue weighted by molar-refractivity contribution is -0.145. The summed E-state index contributed by atoms with van der Waals surface area (Å²) in [6.45, 7) is 6.28. The molecule has 0 saturated heterocycles. The zero-order valence-corrected chi connectivity index (χ0v) is 15.9. The number of rotatable bonds is 6. The molecule has 0 N–H and O–H groups in total. The predicted octanol–water partition coefficient (Wildman–Crippen LogP) is 1.93. The van der Waals surface area contributed by atoms with Gasteiger partial charge in [-0.15, -0.1) is 0 Å². The third kappa shape index (κ3) is 4.09. The van der Waals surface area contributed by atoms with Crippen LogP contribution in [0.15, 0.2) is 29.1 Å². The number of esters is 1. The van der Waals surface area contributed by atoms with E-state index in [-0.39, 0.29) is 35.6 Å². The Labute approximate surface area is 152 Å². The van der Waals surface area contributed by atoms with Gasteiger partial charge in [-0.1, -0.05) is 39.0 Å². The van der Waals surface area contributed by atoms with Crippen molar-refractivity contribution in [2.24, 2.45) is 11.8 Å². The van der Waals surface area contributed by atoms with Crippen LogP contribution in [0.25, 0.3) is 10.8 Å². The van der Waals surface area contributed by atoms with E-state index in [0.29, 0.717) is 17.3 Å². The number of nitrogens with zero attached hydrogens (tertiary/aromatic N) is 3. The highest BCUT2D eigenvalue weighted by atomic mass is 16.5. The summed E-state index contributed by atoms with van der Waals surface area (Å²) in [6, 6.07) is 6.95. The molecule has 26 heavy (non-hydrogen) atoms. The summed E-state index contributed by atoms with van der Waals surface area (Å²) in [4.78, 5) is 38.6. The molecule has 0 saturated carbocycles. The van der Waals surface area contributed by atoms with Gasteiger partial charge in [-0.2, -0.15) is 5.10 Å². The maximum absolute atomic E-state index is 13.0. The number of fused-ring (bicyclic) bond motifs is 1. The molecule has 1 aromatic heterocycles. The highest BCUT2D eigenvalue weighted by Gasteiger charge is 2.23. The van der Waals surface area contributed by atoms with Crippen molar-refractivity contribution in [3.63, 3.8) is 0 Å². The van der Waals surface area contributed by atoms with Crippen molar-refractivity contribution in [1.29, 1.82) is 0 Å². The van der Waals surface area contributed by atoms with Crippen LogP contribution in [0, 0.1) is 11.8 Å². The Morgan fingerprint density at radius 2 is 1.81 bits per heavy atom. The maximum atomic E-state index is 13.0. The van der Waals surface area contributed by atoms with Crippen LogP contribution >= 0.6 is 0 Å². The van der Waals surface area contributed by atoms with E-state index in [2.05, 4.69) is 5.10 Å². The van der Waals surface area contributed by atoms with Crippen LogP contribution in [-0.4, -0.2) is 47.3 Å². The molecule has 0 aliphatic rings. The minimum atomic E-state index is -0.457. The zero-order chi connectivity index (χ0) is 19.4. The van der Waals surface area contributed by atoms with Gasteiger partial charge < -0.3 is 9.64 Å². The van der Waals surface area contributed by atoms with Gasteiger partial charge in [0.05, 0.1) is 18.4 Å². The lowest BCUT2D eigenvalue weighted by Gasteiger charge is -2.21. The van der Waals surface area contributed by atoms with E-state index < -0.39 is 5.92 Å². The largest absolute Gasteiger partial charge is 0.469 e. The zero-order valence-electron chi connectivity index (χ0n) is 15.9. The Hall–Kier alpha value is -2.70. The first kappa shape index (κ1) is 19.6. The van der Waals surface area contributed by atoms with Gasteiger partial charge in [-0.05, 0) is 12.0 Å². The molecule has 7 nitrogen and oxygen atoms in total. The van der Waals surface area contributed by atoms with Crippen molar-refractivity contribution < 1.29 is 14.3 Å². The van der Waals surface area contributed by atoms with Gasteiger partial charge in [0.2, 0.25) is 0 Å². The van der Waals surface area contributed by atoms with Crippen LogP contribution in [0.4, 0.5) is 0 Å². The molecule has 1 heterocycles. The first-order valence-corrected chi connectivity index (χ1v) is 8.59. The Morgan fingerprint density at radius 1 is 1.19 bits per heavy atom. The highest BCUT2D eigenvalue weighted by molar-refractivity contribution is 6.04. The number of hydrogen-bond acceptors (Lipinski definition) is 5. The number of carbonyl (C=O) groups is 2. The molecule has 2 rings (SSSR count). The van der Waals surface area contributed by atoms with E-state index in [4.69, 9.17) is 4.74 Å². The molecule has 0 fully saturated rings. The van der Waals surface area contributed by atoms with Crippen molar-refractivity contribution >= 4 is 22.6 Å². The number of benzene rings is 1. The Bertz CT molecular complexity index is 873. The van der Waals surface area contributed by atoms with Crippen LogP contribution in [0.3, 0.4) is 0 Å². The summed E-state index contributed by atoms with van der Waals surface area (Å²) < 4.78 is 6.05. The summed E-state index contributed by atoms with van der Waals surface area (Å²) in [6.07, 6.45) is 0. The van der Waals surface area contributed by atoms with E-state index in [9.17, 15) is 14.4 Å². The second kappa shape index (κ2) is 8.12. The highest BCUT2D eigenvalue weighted by Crippen LogP contribution is 2.16. The standard InChI is InChI=1S/C19H25N3O4/c1-12(2)10-22-17(23)15-9-7-6-8-14(15)16(20-22)18(24)21(4)11-13(3)19(25)26-5/h6-9,12-13H,10-11H2,1-5H3. The molecule has 1 aromatic carbocycles. The van der Waals surface area contributed by atoms with Gasteiger partial charge in [0.25, 0.3) is 11.5 Å². The first-order valence-electron chi connectivity index (χ1n) is 8.59. The van der Waals surface area contributed by atoms with Crippen LogP contribution in [0.2, 0.25) is 0 Å². The summed E-state index contributed by atoms with van der Waals surface area (Å²) in [5.41, 5.74) is -0.00292. The molecule has 0 aliphatic carbocycles. The minimum absolute atomic E-state index is 0.199. The van der Waals surface area contributed by atoms with Gasteiger partial charge >= 0.3 is 5.97 Å². The summed E-state index contributed by atoms with van der Waals surface area (Å²) >= 11 is 0. The van der Waals surface area contributed by atoms with E-state index in [1.807, 2.05) is 13.8 Å². The molecule has 0 radical (unpaired) electrons. The van der Waals surface area contributed by atoms with Crippen molar-refractivity contribution in [1.82, 2.24) is 14.7 Å². The SMILES string of the molecule is COC(=O)C(C)CN(C)C(=O)c1nn(CC(C)C)c(=O)c2ccccc12. The second-order valence-electron chi connectivity index (χ2n) is 6.89. The van der Waals surface area contributed by atoms with Gasteiger partial charge in [0, 0.05) is 25.5 Å². The Balaban J connectivity index is 2.47. The summed E-state index contributed by atoms with van der Waals surface area (Å²) in [7, 11) is 2.92. The van der Waals surface area contributed by atoms with Crippen molar-refractivity contribution in [3.05, 3.63) is 40.3 Å². The molecule has 1 unspecified atom stereocenters. The summed E-state index contributed by atoms with van der Waals surface area (Å²) in [5, 5.41) is 5.30. The fraction of sp³-hybridized carbons (Fsp3) is 0.474. The van der Waals surface area contributed by atoms with E-state index in [0.717, 1.165) is 0 Å². The molecule has 0 spiro atoms. The van der Waals surface area contributed by atoms with Crippen molar-refractivity contribution in [2.75, 3.05) is 20.7 Å². The third-order valence-electron chi connectivity index (χ3n) is 4.11. The number of aromatic nitrogens is 2. The molecule has 7 heteroatoms. The fourth-order valence-electron chi connectivity index (χ4n) is 2.81. The van der Waals surface area contributed by atoms with Crippen LogP contribution in [-0.2, 0) is 16.1 Å². The monoisotopic (exact) mass is 359 g/mol. The molecular weight excluding hydrogens is 334 g/mol. The second-order valence-corrected chi connectivity index (χ2v) is 6.89. The smallest absolute Gasteiger partial charge is 0.310 e. The van der Waals surface area contributed by atoms with E-state index in [1.54, 1.807) is 38.2 Å². The minimum Gasteiger partial charge on any atom is -0.469 e. The van der Waals surface area contributed by atoms with E-state index in [1.165, 1.54) is 16.7 Å². The third-order valence-corrected chi connectivity index (χ3v) is 4.11. The van der Waals surface area contributed by atoms with Crippen LogP contribution < -0.4 is 5.56 Å². The van der Waals surface area contributed by atoms with E-state index >= 15 is 0 Å². The van der Waals surface area contributed by atoms with Crippen LogP contribution in [0.1, 0.15) is 31.3 Å². The number of ether oxygens (including phenoxy) is 1. The lowest BCUT2D eigenvalue weighted by atomic mass is 10.1. The molecule has 0 aliphatic heterocycles. The van der Waals surface area contributed by atoms with Crippen molar-refractivity contribution in [2.45, 2.75) is 27.3 Å². The normalized spacial score (nSPS) is 12.2. The van der Waals surface area contributed by atoms with Crippen molar-refractivity contribution in [3.8, 4) is 0 Å². The molecule has 0 bridgehead atoms. The topological polar surface area (TPSA) is 81.5 Å². The number of hydrogen-bond donors (Lipinski definition) is 0. The first-order chi connectivity index (χ1) is 12.3. The number of carbonyl (C=O) groups excluding carboxylic acids is 2. The number of amides is 1. The summed E-state index contributed by atoms with van der Waals surface area (Å²) in [5.74, 6) is -0.968. The molecule has 2 aromatic rings. The Morgan fingerprint density at radius 3 is 2.38 bits per heavy atom. The van der Waals surface area contributed by atoms with Gasteiger partial charge in [-0.25, -0.2) is 4.68 Å². The van der Waals surface area contributed by atoms with Crippen LogP contribution in [0.5, 0.6) is 0 Å². The quantitative estimate of drug-likeness (QED) is 0.736. The van der Waals surface area contributed by atoms with Gasteiger partial charge in [-0.3, -0.25) is 14.4 Å². The number of methoxy groups -OCH3 is 1. The fourth-order valence-corrected chi connectivity index (χ4v) is 2.81. The molecule has 1 atom stereocenters.